The summed E-state index contributed by atoms with van der Waals surface area (Å²) in [6, 6.07) is 5.05. The molecular weight excluding hydrogens is 326 g/mol. The second-order valence-corrected chi connectivity index (χ2v) is 6.82. The second-order valence-electron chi connectivity index (χ2n) is 5.91. The monoisotopic (exact) mass is 351 g/mol. The molecule has 0 radical (unpaired) electrons. The van der Waals surface area contributed by atoms with Crippen molar-refractivity contribution in [1.29, 1.82) is 0 Å². The summed E-state index contributed by atoms with van der Waals surface area (Å²) < 4.78 is 5.29. The van der Waals surface area contributed by atoms with Gasteiger partial charge < -0.3 is 20.3 Å². The smallest absolute Gasteiger partial charge is 0.321 e. The molecule has 0 atom stereocenters. The number of rotatable bonds is 5. The number of piperidine rings is 1. The average molecular weight is 351 g/mol. The quantitative estimate of drug-likeness (QED) is 0.854. The maximum atomic E-state index is 12.5. The highest BCUT2D eigenvalue weighted by atomic mass is 32.2. The van der Waals surface area contributed by atoms with Gasteiger partial charge in [0.25, 0.3) is 0 Å². The number of likely N-dealkylation sites (tertiary alicyclic amines) is 1. The molecule has 1 aliphatic rings. The van der Waals surface area contributed by atoms with Crippen LogP contribution in [-0.4, -0.2) is 49.0 Å². The normalized spacial score (nSPS) is 15.0. The van der Waals surface area contributed by atoms with Crippen molar-refractivity contribution in [3.63, 3.8) is 0 Å². The van der Waals surface area contributed by atoms with E-state index in [9.17, 15) is 9.59 Å². The Labute approximate surface area is 147 Å². The van der Waals surface area contributed by atoms with Crippen LogP contribution in [0.15, 0.2) is 18.2 Å². The minimum Gasteiger partial charge on any atom is -0.495 e. The van der Waals surface area contributed by atoms with E-state index in [1.807, 2.05) is 16.7 Å². The van der Waals surface area contributed by atoms with Gasteiger partial charge in [0.2, 0.25) is 5.91 Å². The first-order valence-electron chi connectivity index (χ1n) is 8.04. The highest BCUT2D eigenvalue weighted by Crippen LogP contribution is 2.29. The highest BCUT2D eigenvalue weighted by Gasteiger charge is 2.23. The molecule has 7 heteroatoms. The number of hydrogen-bond acceptors (Lipinski definition) is 4. The lowest BCUT2D eigenvalue weighted by molar-refractivity contribution is -0.114. The molecule has 0 saturated carbocycles. The van der Waals surface area contributed by atoms with E-state index in [1.54, 1.807) is 25.3 Å². The van der Waals surface area contributed by atoms with Crippen molar-refractivity contribution in [3.05, 3.63) is 18.2 Å². The van der Waals surface area contributed by atoms with E-state index >= 15 is 0 Å². The van der Waals surface area contributed by atoms with Gasteiger partial charge in [0.05, 0.1) is 12.8 Å². The lowest BCUT2D eigenvalue weighted by atomic mass is 9.99. The van der Waals surface area contributed by atoms with Crippen molar-refractivity contribution < 1.29 is 14.3 Å². The molecule has 132 valence electrons. The SMILES string of the molecule is COc1ccc(NC(C)=O)cc1NC(=O)N1CCC(CSC)CC1. The molecule has 1 aliphatic heterocycles. The number of nitrogens with one attached hydrogen (secondary N) is 2. The Morgan fingerprint density at radius 2 is 2.00 bits per heavy atom. The number of nitrogens with zero attached hydrogens (tertiary/aromatic N) is 1. The molecule has 0 unspecified atom stereocenters. The van der Waals surface area contributed by atoms with Gasteiger partial charge in [-0.05, 0) is 49.0 Å². The van der Waals surface area contributed by atoms with Gasteiger partial charge in [0.15, 0.2) is 0 Å². The summed E-state index contributed by atoms with van der Waals surface area (Å²) in [6.45, 7) is 2.98. The van der Waals surface area contributed by atoms with Crippen LogP contribution in [0.2, 0.25) is 0 Å². The summed E-state index contributed by atoms with van der Waals surface area (Å²) in [5, 5.41) is 5.60. The topological polar surface area (TPSA) is 70.7 Å². The van der Waals surface area contributed by atoms with Crippen LogP contribution in [-0.2, 0) is 4.79 Å². The van der Waals surface area contributed by atoms with Gasteiger partial charge in [-0.25, -0.2) is 4.79 Å². The Kier molecular flexibility index (Phi) is 6.78. The molecular formula is C17H25N3O3S. The van der Waals surface area contributed by atoms with E-state index in [0.29, 0.717) is 23.0 Å². The van der Waals surface area contributed by atoms with Crippen molar-refractivity contribution in [2.75, 3.05) is 42.8 Å². The van der Waals surface area contributed by atoms with Crippen LogP contribution in [0.25, 0.3) is 0 Å². The number of urea groups is 1. The fourth-order valence-corrected chi connectivity index (χ4v) is 3.62. The zero-order valence-corrected chi connectivity index (χ0v) is 15.2. The third kappa shape index (κ3) is 5.06. The number of carbonyl (C=O) groups excluding carboxylic acids is 2. The number of methoxy groups -OCH3 is 1. The van der Waals surface area contributed by atoms with E-state index < -0.39 is 0 Å². The van der Waals surface area contributed by atoms with Gasteiger partial charge in [-0.2, -0.15) is 11.8 Å². The molecule has 1 aromatic carbocycles. The number of anilines is 2. The predicted molar refractivity (Wildman–Crippen MR) is 99.0 cm³/mol. The predicted octanol–water partition coefficient (Wildman–Crippen LogP) is 3.26. The average Bonchev–Trinajstić information content (AvgIpc) is 2.55. The number of ether oxygens (including phenoxy) is 1. The van der Waals surface area contributed by atoms with Gasteiger partial charge in [-0.3, -0.25) is 4.79 Å². The number of thioether (sulfide) groups is 1. The van der Waals surface area contributed by atoms with E-state index in [4.69, 9.17) is 4.74 Å². The molecule has 6 nitrogen and oxygen atoms in total. The number of amides is 3. The minimum atomic E-state index is -0.159. The molecule has 3 amide bonds. The van der Waals surface area contributed by atoms with Crippen LogP contribution in [0, 0.1) is 5.92 Å². The third-order valence-electron chi connectivity index (χ3n) is 4.07. The standard InChI is InChI=1S/C17H25N3O3S/c1-12(21)18-14-4-5-16(23-2)15(10-14)19-17(22)20-8-6-13(7-9-20)11-24-3/h4-5,10,13H,6-9,11H2,1-3H3,(H,18,21)(H,19,22). The van der Waals surface area contributed by atoms with Gasteiger partial charge >= 0.3 is 6.03 Å². The first kappa shape index (κ1) is 18.4. The van der Waals surface area contributed by atoms with Crippen LogP contribution in [0.5, 0.6) is 5.75 Å². The summed E-state index contributed by atoms with van der Waals surface area (Å²) in [7, 11) is 1.55. The van der Waals surface area contributed by atoms with Crippen LogP contribution in [0.4, 0.5) is 16.2 Å². The summed E-state index contributed by atoms with van der Waals surface area (Å²) in [4.78, 5) is 25.5. The summed E-state index contributed by atoms with van der Waals surface area (Å²) >= 11 is 1.86. The lowest BCUT2D eigenvalue weighted by Gasteiger charge is -2.31. The van der Waals surface area contributed by atoms with Gasteiger partial charge in [0, 0.05) is 25.7 Å². The van der Waals surface area contributed by atoms with Crippen molar-refractivity contribution in [2.45, 2.75) is 19.8 Å². The fraction of sp³-hybridized carbons (Fsp3) is 0.529. The van der Waals surface area contributed by atoms with E-state index in [2.05, 4.69) is 16.9 Å². The summed E-state index contributed by atoms with van der Waals surface area (Å²) in [6.07, 6.45) is 4.20. The molecule has 0 bridgehead atoms. The summed E-state index contributed by atoms with van der Waals surface area (Å²) in [5.74, 6) is 2.26. The van der Waals surface area contributed by atoms with Crippen molar-refractivity contribution in [3.8, 4) is 5.75 Å². The third-order valence-corrected chi connectivity index (χ3v) is 4.87. The summed E-state index contributed by atoms with van der Waals surface area (Å²) in [5.41, 5.74) is 1.18. The number of benzene rings is 1. The molecule has 1 heterocycles. The van der Waals surface area contributed by atoms with Gasteiger partial charge in [-0.15, -0.1) is 0 Å². The minimum absolute atomic E-state index is 0.129. The molecule has 0 aliphatic carbocycles. The molecule has 1 saturated heterocycles. The largest absolute Gasteiger partial charge is 0.495 e. The Balaban J connectivity index is 2.01. The van der Waals surface area contributed by atoms with Crippen molar-refractivity contribution in [1.82, 2.24) is 4.90 Å². The molecule has 2 rings (SSSR count). The maximum Gasteiger partial charge on any atom is 0.321 e. The number of hydrogen-bond donors (Lipinski definition) is 2. The zero-order valence-electron chi connectivity index (χ0n) is 14.4. The van der Waals surface area contributed by atoms with Crippen LogP contribution < -0.4 is 15.4 Å². The highest BCUT2D eigenvalue weighted by molar-refractivity contribution is 7.98. The fourth-order valence-electron chi connectivity index (χ4n) is 2.82. The van der Waals surface area contributed by atoms with Crippen LogP contribution >= 0.6 is 11.8 Å². The lowest BCUT2D eigenvalue weighted by Crippen LogP contribution is -2.41. The van der Waals surface area contributed by atoms with E-state index in [0.717, 1.165) is 31.7 Å². The van der Waals surface area contributed by atoms with E-state index in [1.165, 1.54) is 6.92 Å². The molecule has 0 spiro atoms. The van der Waals surface area contributed by atoms with Gasteiger partial charge in [-0.1, -0.05) is 0 Å². The Bertz CT molecular complexity index is 586. The first-order chi connectivity index (χ1) is 11.5. The molecule has 0 aromatic heterocycles. The molecule has 2 N–H and O–H groups in total. The number of carbonyl (C=O) groups is 2. The van der Waals surface area contributed by atoms with Crippen molar-refractivity contribution in [2.24, 2.45) is 5.92 Å². The molecule has 24 heavy (non-hydrogen) atoms. The molecule has 1 aromatic rings. The molecule has 1 fully saturated rings. The Hall–Kier alpha value is -1.89. The first-order valence-corrected chi connectivity index (χ1v) is 9.43. The zero-order chi connectivity index (χ0) is 17.5. The Morgan fingerprint density at radius 3 is 2.58 bits per heavy atom. The van der Waals surface area contributed by atoms with Gasteiger partial charge in [0.1, 0.15) is 5.75 Å². The second kappa shape index (κ2) is 8.82. The van der Waals surface area contributed by atoms with Crippen molar-refractivity contribution >= 4 is 35.1 Å². The maximum absolute atomic E-state index is 12.5. The van der Waals surface area contributed by atoms with E-state index in [-0.39, 0.29) is 11.9 Å². The van der Waals surface area contributed by atoms with Crippen LogP contribution in [0.3, 0.4) is 0 Å². The van der Waals surface area contributed by atoms with Crippen LogP contribution in [0.1, 0.15) is 19.8 Å². The Morgan fingerprint density at radius 1 is 1.29 bits per heavy atom.